The molecule has 4 nitrogen and oxygen atoms in total. The van der Waals surface area contributed by atoms with E-state index in [1.54, 1.807) is 0 Å². The minimum absolute atomic E-state index is 0.306. The summed E-state index contributed by atoms with van der Waals surface area (Å²) in [5, 5.41) is 3.43. The van der Waals surface area contributed by atoms with E-state index in [1.165, 1.54) is 12.0 Å². The molecule has 0 aliphatic heterocycles. The highest BCUT2D eigenvalue weighted by Crippen LogP contribution is 2.14. The summed E-state index contributed by atoms with van der Waals surface area (Å²) in [6.07, 6.45) is 4.71. The van der Waals surface area contributed by atoms with Crippen molar-refractivity contribution in [3.05, 3.63) is 30.2 Å². The van der Waals surface area contributed by atoms with E-state index < -0.39 is 0 Å². The van der Waals surface area contributed by atoms with Crippen LogP contribution in [0.2, 0.25) is 0 Å². The molecule has 0 amide bonds. The number of rotatable bonds is 7. The molecule has 0 spiro atoms. The number of fused-ring (bicyclic) bond motifs is 1. The maximum atomic E-state index is 5.70. The largest absolute Gasteiger partial charge is 0.443 e. The van der Waals surface area contributed by atoms with Gasteiger partial charge in [0.05, 0.1) is 0 Å². The first-order valence-electron chi connectivity index (χ1n) is 6.54. The standard InChI is InChI=1S/C14H21N3O/c1-11(15)3-2-7-16-8-6-12-4-5-13-14(9-12)18-10-17-13/h4-5,9-11,16H,2-3,6-8,15H2,1H3. The minimum Gasteiger partial charge on any atom is -0.443 e. The van der Waals surface area contributed by atoms with Crippen LogP contribution in [-0.4, -0.2) is 24.1 Å². The number of oxazole rings is 1. The second-order valence-corrected chi connectivity index (χ2v) is 4.77. The average molecular weight is 247 g/mol. The number of nitrogens with two attached hydrogens (primary N) is 1. The van der Waals surface area contributed by atoms with Crippen LogP contribution in [0.5, 0.6) is 0 Å². The van der Waals surface area contributed by atoms with Gasteiger partial charge in [-0.2, -0.15) is 0 Å². The van der Waals surface area contributed by atoms with Gasteiger partial charge in [0.25, 0.3) is 0 Å². The smallest absolute Gasteiger partial charge is 0.181 e. The van der Waals surface area contributed by atoms with Crippen LogP contribution in [-0.2, 0) is 6.42 Å². The van der Waals surface area contributed by atoms with E-state index in [0.717, 1.165) is 43.5 Å². The lowest BCUT2D eigenvalue weighted by molar-refractivity contribution is 0.575. The molecule has 0 aliphatic rings. The molecular formula is C14H21N3O. The number of nitrogens with zero attached hydrogens (tertiary/aromatic N) is 1. The molecule has 2 aromatic rings. The second-order valence-electron chi connectivity index (χ2n) is 4.77. The molecule has 0 aliphatic carbocycles. The Labute approximate surface area is 108 Å². The van der Waals surface area contributed by atoms with Crippen molar-refractivity contribution in [2.24, 2.45) is 5.73 Å². The van der Waals surface area contributed by atoms with Crippen LogP contribution in [0.15, 0.2) is 29.0 Å². The van der Waals surface area contributed by atoms with Gasteiger partial charge in [-0.3, -0.25) is 0 Å². The lowest BCUT2D eigenvalue weighted by atomic mass is 10.1. The maximum Gasteiger partial charge on any atom is 0.181 e. The first-order chi connectivity index (χ1) is 8.75. The van der Waals surface area contributed by atoms with E-state index in [0.29, 0.717) is 6.04 Å². The van der Waals surface area contributed by atoms with Gasteiger partial charge in [0.2, 0.25) is 0 Å². The highest BCUT2D eigenvalue weighted by Gasteiger charge is 2.00. The average Bonchev–Trinajstić information content (AvgIpc) is 2.80. The van der Waals surface area contributed by atoms with Gasteiger partial charge < -0.3 is 15.5 Å². The Kier molecular flexibility index (Phi) is 4.73. The molecule has 2 rings (SSSR count). The van der Waals surface area contributed by atoms with Crippen molar-refractivity contribution in [1.82, 2.24) is 10.3 Å². The van der Waals surface area contributed by atoms with E-state index in [-0.39, 0.29) is 0 Å². The van der Waals surface area contributed by atoms with E-state index in [2.05, 4.69) is 22.4 Å². The summed E-state index contributed by atoms with van der Waals surface area (Å²) < 4.78 is 5.28. The zero-order valence-corrected chi connectivity index (χ0v) is 10.9. The van der Waals surface area contributed by atoms with E-state index in [1.807, 2.05) is 13.0 Å². The molecular weight excluding hydrogens is 226 g/mol. The number of nitrogens with one attached hydrogen (secondary N) is 1. The normalized spacial score (nSPS) is 13.0. The molecule has 0 saturated carbocycles. The molecule has 1 aromatic carbocycles. The fourth-order valence-electron chi connectivity index (χ4n) is 1.96. The SMILES string of the molecule is CC(N)CCCNCCc1ccc2ncoc2c1. The molecule has 1 heterocycles. The quantitative estimate of drug-likeness (QED) is 0.735. The summed E-state index contributed by atoms with van der Waals surface area (Å²) in [5.41, 5.74) is 8.76. The Balaban J connectivity index is 1.70. The van der Waals surface area contributed by atoms with Gasteiger partial charge in [-0.05, 0) is 57.0 Å². The maximum absolute atomic E-state index is 5.70. The van der Waals surface area contributed by atoms with Gasteiger partial charge in [0, 0.05) is 6.04 Å². The first kappa shape index (κ1) is 13.1. The summed E-state index contributed by atoms with van der Waals surface area (Å²) in [6.45, 7) is 4.07. The lowest BCUT2D eigenvalue weighted by Gasteiger charge is -2.06. The second kappa shape index (κ2) is 6.52. The molecule has 4 heteroatoms. The molecule has 0 bridgehead atoms. The number of aromatic nitrogens is 1. The van der Waals surface area contributed by atoms with Gasteiger partial charge in [-0.1, -0.05) is 6.07 Å². The van der Waals surface area contributed by atoms with E-state index in [9.17, 15) is 0 Å². The molecule has 1 unspecified atom stereocenters. The van der Waals surface area contributed by atoms with Crippen molar-refractivity contribution in [2.45, 2.75) is 32.2 Å². The summed E-state index contributed by atoms with van der Waals surface area (Å²) in [7, 11) is 0. The molecule has 1 atom stereocenters. The Morgan fingerprint density at radius 3 is 3.11 bits per heavy atom. The molecule has 98 valence electrons. The topological polar surface area (TPSA) is 64.1 Å². The van der Waals surface area contributed by atoms with Crippen molar-refractivity contribution in [3.63, 3.8) is 0 Å². The van der Waals surface area contributed by atoms with Crippen LogP contribution in [0.3, 0.4) is 0 Å². The number of benzene rings is 1. The van der Waals surface area contributed by atoms with Crippen LogP contribution in [0.25, 0.3) is 11.1 Å². The zero-order chi connectivity index (χ0) is 12.8. The Hall–Kier alpha value is -1.39. The van der Waals surface area contributed by atoms with Crippen molar-refractivity contribution >= 4 is 11.1 Å². The van der Waals surface area contributed by atoms with Crippen molar-refractivity contribution in [3.8, 4) is 0 Å². The summed E-state index contributed by atoms with van der Waals surface area (Å²) in [5.74, 6) is 0. The third-order valence-electron chi connectivity index (χ3n) is 3.00. The van der Waals surface area contributed by atoms with Gasteiger partial charge in [0.15, 0.2) is 12.0 Å². The van der Waals surface area contributed by atoms with Crippen molar-refractivity contribution in [1.29, 1.82) is 0 Å². The number of hydrogen-bond acceptors (Lipinski definition) is 4. The van der Waals surface area contributed by atoms with E-state index >= 15 is 0 Å². The fraction of sp³-hybridized carbons (Fsp3) is 0.500. The molecule has 1 aromatic heterocycles. The van der Waals surface area contributed by atoms with Crippen LogP contribution < -0.4 is 11.1 Å². The van der Waals surface area contributed by atoms with Crippen LogP contribution in [0.4, 0.5) is 0 Å². The molecule has 0 fully saturated rings. The van der Waals surface area contributed by atoms with Gasteiger partial charge in [-0.15, -0.1) is 0 Å². The highest BCUT2D eigenvalue weighted by molar-refractivity contribution is 5.72. The van der Waals surface area contributed by atoms with Crippen LogP contribution in [0, 0.1) is 0 Å². The third kappa shape index (κ3) is 3.82. The van der Waals surface area contributed by atoms with Gasteiger partial charge in [0.1, 0.15) is 5.52 Å². The zero-order valence-electron chi connectivity index (χ0n) is 10.9. The monoisotopic (exact) mass is 247 g/mol. The molecule has 18 heavy (non-hydrogen) atoms. The Morgan fingerprint density at radius 1 is 1.39 bits per heavy atom. The number of hydrogen-bond donors (Lipinski definition) is 2. The predicted molar refractivity (Wildman–Crippen MR) is 73.5 cm³/mol. The first-order valence-corrected chi connectivity index (χ1v) is 6.54. The molecule has 0 radical (unpaired) electrons. The van der Waals surface area contributed by atoms with Crippen LogP contribution in [0.1, 0.15) is 25.3 Å². The summed E-state index contributed by atoms with van der Waals surface area (Å²) in [4.78, 5) is 4.10. The summed E-state index contributed by atoms with van der Waals surface area (Å²) >= 11 is 0. The Morgan fingerprint density at radius 2 is 2.28 bits per heavy atom. The lowest BCUT2D eigenvalue weighted by Crippen LogP contribution is -2.21. The van der Waals surface area contributed by atoms with Crippen molar-refractivity contribution < 1.29 is 4.42 Å². The fourth-order valence-corrected chi connectivity index (χ4v) is 1.96. The Bertz CT molecular complexity index is 479. The molecule has 3 N–H and O–H groups in total. The van der Waals surface area contributed by atoms with E-state index in [4.69, 9.17) is 10.2 Å². The van der Waals surface area contributed by atoms with Crippen molar-refractivity contribution in [2.75, 3.05) is 13.1 Å². The third-order valence-corrected chi connectivity index (χ3v) is 3.00. The summed E-state index contributed by atoms with van der Waals surface area (Å²) in [6, 6.07) is 6.48. The van der Waals surface area contributed by atoms with Crippen LogP contribution >= 0.6 is 0 Å². The predicted octanol–water partition coefficient (Wildman–Crippen LogP) is 2.09. The minimum atomic E-state index is 0.306. The van der Waals surface area contributed by atoms with Gasteiger partial charge >= 0.3 is 0 Å². The molecule has 0 saturated heterocycles. The van der Waals surface area contributed by atoms with Gasteiger partial charge in [-0.25, -0.2) is 4.98 Å². The highest BCUT2D eigenvalue weighted by atomic mass is 16.3.